The quantitative estimate of drug-likeness (QED) is 0.415. The highest BCUT2D eigenvalue weighted by Gasteiger charge is 2.18. The Labute approximate surface area is 175 Å². The molecule has 3 aromatic carbocycles. The van der Waals surface area contributed by atoms with Crippen LogP contribution in [0.15, 0.2) is 79.1 Å². The number of nitrogens with zero attached hydrogens (tertiary/aromatic N) is 2. The highest BCUT2D eigenvalue weighted by molar-refractivity contribution is 6.04. The van der Waals surface area contributed by atoms with Gasteiger partial charge in [0, 0.05) is 23.0 Å². The third-order valence-electron chi connectivity index (χ3n) is 4.43. The maximum Gasteiger partial charge on any atom is 0.258 e. The Bertz CT molecular complexity index is 1230. The molecule has 0 aliphatic carbocycles. The molecule has 0 aliphatic heterocycles. The molecule has 0 unspecified atom stereocenters. The van der Waals surface area contributed by atoms with Crippen LogP contribution >= 0.6 is 0 Å². The number of benzene rings is 3. The Hall–Kier alpha value is -4.20. The number of halogens is 3. The number of aromatic nitrogens is 2. The van der Waals surface area contributed by atoms with Crippen molar-refractivity contribution < 1.29 is 18.0 Å². The van der Waals surface area contributed by atoms with E-state index in [1.54, 1.807) is 30.3 Å². The van der Waals surface area contributed by atoms with E-state index in [1.807, 2.05) is 30.3 Å². The van der Waals surface area contributed by atoms with Crippen molar-refractivity contribution >= 4 is 23.1 Å². The van der Waals surface area contributed by atoms with Gasteiger partial charge in [-0.25, -0.2) is 23.1 Å². The molecule has 2 N–H and O–H groups in total. The number of carbonyl (C=O) groups excluding carboxylic acids is 1. The van der Waals surface area contributed by atoms with Gasteiger partial charge in [-0.05, 0) is 36.4 Å². The zero-order chi connectivity index (χ0) is 21.8. The SMILES string of the molecule is O=C(Nc1ccc(Nc2cc(-c3ccccc3)ncn2)cc1)c1ccc(F)c(F)c1F. The summed E-state index contributed by atoms with van der Waals surface area (Å²) >= 11 is 0. The number of anilines is 3. The molecule has 0 spiro atoms. The predicted molar refractivity (Wildman–Crippen MR) is 111 cm³/mol. The summed E-state index contributed by atoms with van der Waals surface area (Å²) < 4.78 is 40.1. The van der Waals surface area contributed by atoms with Gasteiger partial charge in [0.2, 0.25) is 0 Å². The highest BCUT2D eigenvalue weighted by Crippen LogP contribution is 2.22. The van der Waals surface area contributed by atoms with E-state index in [2.05, 4.69) is 20.6 Å². The molecule has 5 nitrogen and oxygen atoms in total. The maximum absolute atomic E-state index is 13.8. The smallest absolute Gasteiger partial charge is 0.258 e. The molecular weight excluding hydrogens is 405 g/mol. The molecule has 154 valence electrons. The van der Waals surface area contributed by atoms with Crippen molar-refractivity contribution in [2.24, 2.45) is 0 Å². The summed E-state index contributed by atoms with van der Waals surface area (Å²) in [5.41, 5.74) is 2.17. The molecule has 1 amide bonds. The van der Waals surface area contributed by atoms with Gasteiger partial charge in [-0.15, -0.1) is 0 Å². The second kappa shape index (κ2) is 8.66. The van der Waals surface area contributed by atoms with Crippen LogP contribution in [0.25, 0.3) is 11.3 Å². The minimum absolute atomic E-state index is 0.354. The van der Waals surface area contributed by atoms with E-state index in [1.165, 1.54) is 6.33 Å². The molecule has 0 saturated carbocycles. The Morgan fingerprint density at radius 3 is 2.23 bits per heavy atom. The molecule has 8 heteroatoms. The fourth-order valence-corrected chi connectivity index (χ4v) is 2.88. The molecular formula is C23H15F3N4O. The van der Waals surface area contributed by atoms with Gasteiger partial charge in [-0.3, -0.25) is 4.79 Å². The lowest BCUT2D eigenvalue weighted by atomic mass is 10.1. The summed E-state index contributed by atoms with van der Waals surface area (Å²) in [4.78, 5) is 20.6. The lowest BCUT2D eigenvalue weighted by molar-refractivity contribution is 0.102. The van der Waals surface area contributed by atoms with Gasteiger partial charge >= 0.3 is 0 Å². The molecule has 0 saturated heterocycles. The van der Waals surface area contributed by atoms with Crippen LogP contribution in [0.2, 0.25) is 0 Å². The van der Waals surface area contributed by atoms with Gasteiger partial charge in [0.25, 0.3) is 5.91 Å². The van der Waals surface area contributed by atoms with Crippen LogP contribution in [0.4, 0.5) is 30.4 Å². The molecule has 0 atom stereocenters. The molecule has 0 aliphatic rings. The van der Waals surface area contributed by atoms with Crippen molar-refractivity contribution in [2.45, 2.75) is 0 Å². The van der Waals surface area contributed by atoms with Crippen molar-refractivity contribution in [3.63, 3.8) is 0 Å². The van der Waals surface area contributed by atoms with Crippen LogP contribution in [-0.2, 0) is 0 Å². The zero-order valence-corrected chi connectivity index (χ0v) is 15.9. The molecule has 0 fully saturated rings. The number of rotatable bonds is 5. The van der Waals surface area contributed by atoms with E-state index in [9.17, 15) is 18.0 Å². The van der Waals surface area contributed by atoms with Crippen molar-refractivity contribution in [2.75, 3.05) is 10.6 Å². The normalized spacial score (nSPS) is 10.5. The Morgan fingerprint density at radius 1 is 0.774 bits per heavy atom. The Kier molecular flexibility index (Phi) is 5.61. The Balaban J connectivity index is 1.46. The van der Waals surface area contributed by atoms with Crippen LogP contribution < -0.4 is 10.6 Å². The average molecular weight is 420 g/mol. The van der Waals surface area contributed by atoms with Crippen molar-refractivity contribution in [3.8, 4) is 11.3 Å². The molecule has 31 heavy (non-hydrogen) atoms. The number of amides is 1. The number of carbonyl (C=O) groups is 1. The van der Waals surface area contributed by atoms with E-state index >= 15 is 0 Å². The first-order valence-corrected chi connectivity index (χ1v) is 9.20. The largest absolute Gasteiger partial charge is 0.340 e. The molecule has 1 heterocycles. The van der Waals surface area contributed by atoms with E-state index in [0.717, 1.165) is 17.3 Å². The summed E-state index contributed by atoms with van der Waals surface area (Å²) in [5, 5.41) is 5.58. The molecule has 0 bridgehead atoms. The summed E-state index contributed by atoms with van der Waals surface area (Å²) in [7, 11) is 0. The van der Waals surface area contributed by atoms with Gasteiger partial charge in [0.15, 0.2) is 17.5 Å². The summed E-state index contributed by atoms with van der Waals surface area (Å²) in [6.45, 7) is 0. The fraction of sp³-hybridized carbons (Fsp3) is 0. The second-order valence-corrected chi connectivity index (χ2v) is 6.53. The third-order valence-corrected chi connectivity index (χ3v) is 4.43. The standard InChI is InChI=1S/C23H15F3N4O/c24-18-11-10-17(21(25)22(18)26)23(31)30-16-8-6-15(7-9-16)29-20-12-19(27-13-28-20)14-4-2-1-3-5-14/h1-13H,(H,30,31)(H,27,28,29). The summed E-state index contributed by atoms with van der Waals surface area (Å²) in [6, 6.07) is 19.6. The molecule has 0 radical (unpaired) electrons. The van der Waals surface area contributed by atoms with Gasteiger partial charge in [0.1, 0.15) is 12.1 Å². The van der Waals surface area contributed by atoms with Crippen molar-refractivity contribution in [3.05, 3.63) is 102 Å². The maximum atomic E-state index is 13.8. The number of hydrogen-bond donors (Lipinski definition) is 2. The van der Waals surface area contributed by atoms with Crippen molar-refractivity contribution in [1.29, 1.82) is 0 Å². The summed E-state index contributed by atoms with van der Waals surface area (Å²) in [6.07, 6.45) is 1.45. The Morgan fingerprint density at radius 2 is 1.48 bits per heavy atom. The van der Waals surface area contributed by atoms with Crippen LogP contribution in [-0.4, -0.2) is 15.9 Å². The van der Waals surface area contributed by atoms with Crippen molar-refractivity contribution in [1.82, 2.24) is 9.97 Å². The highest BCUT2D eigenvalue weighted by atomic mass is 19.2. The number of hydrogen-bond acceptors (Lipinski definition) is 4. The number of nitrogens with one attached hydrogen (secondary N) is 2. The first-order chi connectivity index (χ1) is 15.0. The monoisotopic (exact) mass is 420 g/mol. The van der Waals surface area contributed by atoms with E-state index in [0.29, 0.717) is 23.3 Å². The fourth-order valence-electron chi connectivity index (χ4n) is 2.88. The van der Waals surface area contributed by atoms with Gasteiger partial charge in [0.05, 0.1) is 11.3 Å². The van der Waals surface area contributed by atoms with E-state index < -0.39 is 28.9 Å². The average Bonchev–Trinajstić information content (AvgIpc) is 2.79. The first kappa shape index (κ1) is 20.1. The van der Waals surface area contributed by atoms with Gasteiger partial charge < -0.3 is 10.6 Å². The molecule has 4 aromatic rings. The van der Waals surface area contributed by atoms with E-state index in [4.69, 9.17) is 0 Å². The van der Waals surface area contributed by atoms with Crippen LogP contribution in [0.3, 0.4) is 0 Å². The minimum atomic E-state index is -1.69. The summed E-state index contributed by atoms with van der Waals surface area (Å²) in [5.74, 6) is -4.89. The van der Waals surface area contributed by atoms with Gasteiger partial charge in [-0.1, -0.05) is 30.3 Å². The van der Waals surface area contributed by atoms with E-state index in [-0.39, 0.29) is 0 Å². The van der Waals surface area contributed by atoms with Crippen LogP contribution in [0, 0.1) is 17.5 Å². The zero-order valence-electron chi connectivity index (χ0n) is 15.9. The topological polar surface area (TPSA) is 66.9 Å². The minimum Gasteiger partial charge on any atom is -0.340 e. The first-order valence-electron chi connectivity index (χ1n) is 9.20. The third kappa shape index (κ3) is 4.53. The molecule has 1 aromatic heterocycles. The molecule has 4 rings (SSSR count). The van der Waals surface area contributed by atoms with Gasteiger partial charge in [-0.2, -0.15) is 0 Å². The lowest BCUT2D eigenvalue weighted by Crippen LogP contribution is -2.15. The second-order valence-electron chi connectivity index (χ2n) is 6.53. The van der Waals surface area contributed by atoms with Crippen LogP contribution in [0.5, 0.6) is 0 Å². The lowest BCUT2D eigenvalue weighted by Gasteiger charge is -2.10. The predicted octanol–water partition coefficient (Wildman–Crippen LogP) is 5.56. The van der Waals surface area contributed by atoms with Crippen LogP contribution in [0.1, 0.15) is 10.4 Å².